The Morgan fingerprint density at radius 1 is 0.682 bits per heavy atom. The number of aryl methyl sites for hydroxylation is 2. The van der Waals surface area contributed by atoms with Gasteiger partial charge in [-0.2, -0.15) is 0 Å². The maximum absolute atomic E-state index is 2.49. The second kappa shape index (κ2) is 10.1. The quantitative estimate of drug-likeness (QED) is 0.434. The molecule has 0 spiro atoms. The van der Waals surface area contributed by atoms with Gasteiger partial charge in [-0.3, -0.25) is 0 Å². The first-order valence-corrected chi connectivity index (χ1v) is 9.64. The van der Waals surface area contributed by atoms with Crippen LogP contribution < -0.4 is 0 Å². The molecule has 0 saturated carbocycles. The van der Waals surface area contributed by atoms with Crippen molar-refractivity contribution in [3.05, 3.63) is 34.4 Å². The zero-order valence-electron chi connectivity index (χ0n) is 16.0. The molecule has 22 heavy (non-hydrogen) atoms. The molecule has 0 heterocycles. The number of hydrogen-bond donors (Lipinski definition) is 0. The zero-order chi connectivity index (χ0) is 16.5. The second-order valence-corrected chi connectivity index (χ2v) is 7.24. The van der Waals surface area contributed by atoms with Crippen molar-refractivity contribution in [2.24, 2.45) is 11.8 Å². The van der Waals surface area contributed by atoms with Crippen molar-refractivity contribution < 1.29 is 0 Å². The molecule has 0 heteroatoms. The van der Waals surface area contributed by atoms with Crippen molar-refractivity contribution >= 4 is 0 Å². The zero-order valence-corrected chi connectivity index (χ0v) is 16.0. The summed E-state index contributed by atoms with van der Waals surface area (Å²) in [7, 11) is 0. The molecule has 1 aromatic rings. The van der Waals surface area contributed by atoms with Gasteiger partial charge in [0.25, 0.3) is 0 Å². The third-order valence-corrected chi connectivity index (χ3v) is 5.36. The highest BCUT2D eigenvalue weighted by atomic mass is 14.2. The van der Waals surface area contributed by atoms with Gasteiger partial charge in [0.1, 0.15) is 0 Å². The van der Waals surface area contributed by atoms with Crippen LogP contribution in [0.2, 0.25) is 0 Å². The first kappa shape index (κ1) is 19.3. The predicted octanol–water partition coefficient (Wildman–Crippen LogP) is 7.04. The molecule has 1 aromatic carbocycles. The normalized spacial score (nSPS) is 14.1. The van der Waals surface area contributed by atoms with E-state index in [1.165, 1.54) is 62.5 Å². The Hall–Kier alpha value is -0.780. The molecule has 1 rings (SSSR count). The number of hydrogen-bond acceptors (Lipinski definition) is 0. The highest BCUT2D eigenvalue weighted by Crippen LogP contribution is 2.26. The first-order chi connectivity index (χ1) is 10.5. The van der Waals surface area contributed by atoms with Gasteiger partial charge in [0.15, 0.2) is 0 Å². The Balaban J connectivity index is 2.86. The molecule has 126 valence electrons. The van der Waals surface area contributed by atoms with Crippen LogP contribution in [0.4, 0.5) is 0 Å². The van der Waals surface area contributed by atoms with E-state index in [1.807, 2.05) is 0 Å². The number of benzene rings is 1. The molecule has 0 aliphatic rings. The van der Waals surface area contributed by atoms with Gasteiger partial charge in [-0.25, -0.2) is 0 Å². The monoisotopic (exact) mass is 302 g/mol. The van der Waals surface area contributed by atoms with Gasteiger partial charge in [-0.1, -0.05) is 78.4 Å². The van der Waals surface area contributed by atoms with Gasteiger partial charge in [-0.05, 0) is 60.8 Å². The maximum atomic E-state index is 2.49. The van der Waals surface area contributed by atoms with Gasteiger partial charge in [0.2, 0.25) is 0 Å². The van der Waals surface area contributed by atoms with Crippen LogP contribution in [0.3, 0.4) is 0 Å². The second-order valence-electron chi connectivity index (χ2n) is 7.24. The molecule has 0 amide bonds. The highest BCUT2D eigenvalue weighted by molar-refractivity contribution is 5.37. The first-order valence-electron chi connectivity index (χ1n) is 9.64. The third kappa shape index (κ3) is 5.78. The largest absolute Gasteiger partial charge is 0.0654 e. The third-order valence-electron chi connectivity index (χ3n) is 5.36. The van der Waals surface area contributed by atoms with E-state index in [0.717, 1.165) is 11.8 Å². The smallest absolute Gasteiger partial charge is 0.0248 e. The van der Waals surface area contributed by atoms with Crippen molar-refractivity contribution in [2.75, 3.05) is 0 Å². The van der Waals surface area contributed by atoms with Gasteiger partial charge >= 0.3 is 0 Å². The molecule has 0 N–H and O–H groups in total. The Kier molecular flexibility index (Phi) is 8.83. The van der Waals surface area contributed by atoms with Crippen LogP contribution in [0.15, 0.2) is 12.1 Å². The topological polar surface area (TPSA) is 0 Å². The summed E-state index contributed by atoms with van der Waals surface area (Å²) in [5, 5.41) is 0. The predicted molar refractivity (Wildman–Crippen MR) is 101 cm³/mol. The van der Waals surface area contributed by atoms with Crippen molar-refractivity contribution in [1.82, 2.24) is 0 Å². The molecular weight excluding hydrogens is 264 g/mol. The van der Waals surface area contributed by atoms with Crippen LogP contribution in [0.1, 0.15) is 88.5 Å². The van der Waals surface area contributed by atoms with E-state index in [9.17, 15) is 0 Å². The van der Waals surface area contributed by atoms with Crippen LogP contribution >= 0.6 is 0 Å². The Morgan fingerprint density at radius 3 is 1.32 bits per heavy atom. The van der Waals surface area contributed by atoms with Crippen molar-refractivity contribution in [3.63, 3.8) is 0 Å². The molecule has 2 unspecified atom stereocenters. The van der Waals surface area contributed by atoms with Crippen LogP contribution in [0.5, 0.6) is 0 Å². The molecule has 0 radical (unpaired) electrons. The minimum atomic E-state index is 0.859. The van der Waals surface area contributed by atoms with E-state index < -0.39 is 0 Å². The molecule has 0 bridgehead atoms. The van der Waals surface area contributed by atoms with E-state index in [-0.39, 0.29) is 0 Å². The lowest BCUT2D eigenvalue weighted by molar-refractivity contribution is 0.458. The lowest BCUT2D eigenvalue weighted by atomic mass is 9.86. The van der Waals surface area contributed by atoms with E-state index in [1.54, 1.807) is 11.1 Å². The van der Waals surface area contributed by atoms with Gasteiger partial charge in [-0.15, -0.1) is 0 Å². The molecular formula is C22H38. The van der Waals surface area contributed by atoms with Crippen LogP contribution in [0, 0.1) is 25.7 Å². The van der Waals surface area contributed by atoms with Crippen molar-refractivity contribution in [1.29, 1.82) is 0 Å². The Labute approximate surface area is 139 Å². The summed E-state index contributed by atoms with van der Waals surface area (Å²) in [6, 6.07) is 4.98. The van der Waals surface area contributed by atoms with Gasteiger partial charge in [0, 0.05) is 0 Å². The van der Waals surface area contributed by atoms with Gasteiger partial charge in [0.05, 0.1) is 0 Å². The van der Waals surface area contributed by atoms with Crippen LogP contribution in [-0.4, -0.2) is 0 Å². The summed E-state index contributed by atoms with van der Waals surface area (Å²) in [5.41, 5.74) is 6.21. The molecule has 2 atom stereocenters. The minimum absolute atomic E-state index is 0.859. The summed E-state index contributed by atoms with van der Waals surface area (Å²) < 4.78 is 0. The average molecular weight is 303 g/mol. The lowest BCUT2D eigenvalue weighted by Gasteiger charge is -2.20. The fraction of sp³-hybridized carbons (Fsp3) is 0.727. The Morgan fingerprint density at radius 2 is 1.05 bits per heavy atom. The molecule has 0 aliphatic heterocycles. The highest BCUT2D eigenvalue weighted by Gasteiger charge is 2.13. The summed E-state index contributed by atoms with van der Waals surface area (Å²) in [4.78, 5) is 0. The van der Waals surface area contributed by atoms with E-state index >= 15 is 0 Å². The molecule has 0 fully saturated rings. The average Bonchev–Trinajstić information content (AvgIpc) is 2.50. The molecule has 0 aromatic heterocycles. The Bertz CT molecular complexity index is 388. The van der Waals surface area contributed by atoms with Crippen molar-refractivity contribution in [3.8, 4) is 0 Å². The fourth-order valence-electron chi connectivity index (χ4n) is 3.72. The summed E-state index contributed by atoms with van der Waals surface area (Å²) >= 11 is 0. The van der Waals surface area contributed by atoms with Gasteiger partial charge < -0.3 is 0 Å². The SMILES string of the molecule is CCCC(CC)Cc1cc(C)c(CC(CC)CCC)cc1C. The van der Waals surface area contributed by atoms with E-state index in [2.05, 4.69) is 53.7 Å². The summed E-state index contributed by atoms with van der Waals surface area (Å²) in [5.74, 6) is 1.72. The van der Waals surface area contributed by atoms with Crippen LogP contribution in [-0.2, 0) is 12.8 Å². The standard InChI is InChI=1S/C22H38/c1-7-11-19(9-3)15-21-13-18(6)22(14-17(21)5)16-20(10-4)12-8-2/h13-14,19-20H,7-12,15-16H2,1-6H3. The van der Waals surface area contributed by atoms with E-state index in [0.29, 0.717) is 0 Å². The lowest BCUT2D eigenvalue weighted by Crippen LogP contribution is -2.08. The molecule has 0 saturated heterocycles. The molecule has 0 aliphatic carbocycles. The summed E-state index contributed by atoms with van der Waals surface area (Å²) in [6.45, 7) is 13.9. The van der Waals surface area contributed by atoms with E-state index in [4.69, 9.17) is 0 Å². The maximum Gasteiger partial charge on any atom is -0.0248 e. The van der Waals surface area contributed by atoms with Crippen LogP contribution in [0.25, 0.3) is 0 Å². The van der Waals surface area contributed by atoms with Crippen molar-refractivity contribution in [2.45, 2.75) is 92.9 Å². The number of rotatable bonds is 10. The summed E-state index contributed by atoms with van der Waals surface area (Å²) in [6.07, 6.45) is 10.5. The minimum Gasteiger partial charge on any atom is -0.0654 e. The molecule has 0 nitrogen and oxygen atoms in total. The fourth-order valence-corrected chi connectivity index (χ4v) is 3.72.